The van der Waals surface area contributed by atoms with Crippen LogP contribution in [0.5, 0.6) is 0 Å². The molecule has 0 heterocycles. The van der Waals surface area contributed by atoms with Crippen LogP contribution in [-0.4, -0.2) is 18.6 Å². The Kier molecular flexibility index (Phi) is 5.67. The smallest absolute Gasteiger partial charge is 0.340 e. The molecule has 0 saturated heterocycles. The topological polar surface area (TPSA) is 64.3 Å². The molecule has 1 atom stereocenters. The molecule has 1 rings (SSSR count). The first-order valence-corrected chi connectivity index (χ1v) is 6.77. The van der Waals surface area contributed by atoms with Crippen LogP contribution in [0.15, 0.2) is 18.2 Å². The summed E-state index contributed by atoms with van der Waals surface area (Å²) in [5, 5.41) is 3.37. The summed E-state index contributed by atoms with van der Waals surface area (Å²) in [7, 11) is 0. The van der Waals surface area contributed by atoms with Crippen LogP contribution in [0.2, 0.25) is 0 Å². The number of nitrogen functional groups attached to an aromatic ring is 1. The summed E-state index contributed by atoms with van der Waals surface area (Å²) < 4.78 is 4.99. The molecule has 1 aromatic carbocycles. The molecule has 19 heavy (non-hydrogen) atoms. The summed E-state index contributed by atoms with van der Waals surface area (Å²) in [5.41, 5.74) is 7.56. The highest BCUT2D eigenvalue weighted by Crippen LogP contribution is 2.20. The lowest BCUT2D eigenvalue weighted by Gasteiger charge is -2.18. The Balaban J connectivity index is 2.81. The minimum absolute atomic E-state index is 0.346. The molecule has 0 radical (unpaired) electrons. The fourth-order valence-corrected chi connectivity index (χ4v) is 2.08. The summed E-state index contributed by atoms with van der Waals surface area (Å²) in [6.07, 6.45) is 1.07. The predicted molar refractivity (Wildman–Crippen MR) is 79.4 cm³/mol. The van der Waals surface area contributed by atoms with Crippen LogP contribution in [0.25, 0.3) is 0 Å². The third-order valence-electron chi connectivity index (χ3n) is 2.79. The molecule has 0 amide bonds. The predicted octanol–water partition coefficient (Wildman–Crippen LogP) is 3.29. The maximum atomic E-state index is 11.8. The molecule has 0 bridgehead atoms. The largest absolute Gasteiger partial charge is 0.462 e. The van der Waals surface area contributed by atoms with E-state index in [1.165, 1.54) is 0 Å². The van der Waals surface area contributed by atoms with Gasteiger partial charge in [0.05, 0.1) is 12.2 Å². The summed E-state index contributed by atoms with van der Waals surface area (Å²) in [4.78, 5) is 11.8. The van der Waals surface area contributed by atoms with Gasteiger partial charge >= 0.3 is 5.97 Å². The van der Waals surface area contributed by atoms with Gasteiger partial charge in [0, 0.05) is 17.4 Å². The van der Waals surface area contributed by atoms with E-state index in [4.69, 9.17) is 10.5 Å². The van der Waals surface area contributed by atoms with Gasteiger partial charge in [-0.3, -0.25) is 0 Å². The number of hydrogen-bond acceptors (Lipinski definition) is 4. The van der Waals surface area contributed by atoms with Gasteiger partial charge in [-0.1, -0.05) is 13.8 Å². The van der Waals surface area contributed by atoms with Crippen molar-refractivity contribution in [2.24, 2.45) is 5.92 Å². The Hall–Kier alpha value is -1.71. The number of ether oxygens (including phenoxy) is 1. The van der Waals surface area contributed by atoms with Gasteiger partial charge in [-0.15, -0.1) is 0 Å². The van der Waals surface area contributed by atoms with Crippen molar-refractivity contribution in [3.63, 3.8) is 0 Å². The van der Waals surface area contributed by atoms with Gasteiger partial charge in [0.1, 0.15) is 0 Å². The number of esters is 1. The van der Waals surface area contributed by atoms with Crippen molar-refractivity contribution in [1.29, 1.82) is 0 Å². The number of nitrogens with two attached hydrogens (primary N) is 1. The second-order valence-corrected chi connectivity index (χ2v) is 5.20. The van der Waals surface area contributed by atoms with Crippen molar-refractivity contribution in [2.75, 3.05) is 17.7 Å². The monoisotopic (exact) mass is 264 g/mol. The molecule has 0 spiro atoms. The zero-order valence-corrected chi connectivity index (χ0v) is 12.2. The van der Waals surface area contributed by atoms with Crippen LogP contribution in [0.4, 0.5) is 11.4 Å². The van der Waals surface area contributed by atoms with Crippen molar-refractivity contribution >= 4 is 17.3 Å². The van der Waals surface area contributed by atoms with Gasteiger partial charge < -0.3 is 15.8 Å². The molecule has 1 unspecified atom stereocenters. The quantitative estimate of drug-likeness (QED) is 0.611. The first-order valence-electron chi connectivity index (χ1n) is 6.77. The molecule has 0 fully saturated rings. The third kappa shape index (κ3) is 4.81. The molecule has 106 valence electrons. The lowest BCUT2D eigenvalue weighted by Crippen LogP contribution is -2.18. The summed E-state index contributed by atoms with van der Waals surface area (Å²) >= 11 is 0. The van der Waals surface area contributed by atoms with E-state index in [-0.39, 0.29) is 5.97 Å². The Labute approximate surface area is 115 Å². The molecule has 0 aromatic heterocycles. The lowest BCUT2D eigenvalue weighted by molar-refractivity contribution is 0.0527. The molecule has 4 nitrogen and oxygen atoms in total. The van der Waals surface area contributed by atoms with Crippen molar-refractivity contribution in [2.45, 2.75) is 40.2 Å². The van der Waals surface area contributed by atoms with E-state index in [1.807, 2.05) is 6.07 Å². The van der Waals surface area contributed by atoms with Gasteiger partial charge in [0.25, 0.3) is 0 Å². The standard InChI is InChI=1S/C15H24N2O2/c1-5-19-15(18)13-9-12(6-7-14(13)16)17-11(4)8-10(2)3/h6-7,9-11,17H,5,8,16H2,1-4H3. The number of carbonyl (C=O) groups excluding carboxylic acids is 1. The summed E-state index contributed by atoms with van der Waals surface area (Å²) in [6, 6.07) is 5.72. The van der Waals surface area contributed by atoms with Crippen LogP contribution in [-0.2, 0) is 4.74 Å². The van der Waals surface area contributed by atoms with Crippen LogP contribution in [0.3, 0.4) is 0 Å². The second kappa shape index (κ2) is 7.02. The number of anilines is 2. The van der Waals surface area contributed by atoms with E-state index in [0.717, 1.165) is 12.1 Å². The molecule has 4 heteroatoms. The van der Waals surface area contributed by atoms with Crippen molar-refractivity contribution < 1.29 is 9.53 Å². The Morgan fingerprint density at radius 3 is 2.63 bits per heavy atom. The van der Waals surface area contributed by atoms with Gasteiger partial charge in [-0.2, -0.15) is 0 Å². The Morgan fingerprint density at radius 2 is 2.05 bits per heavy atom. The number of hydrogen-bond donors (Lipinski definition) is 2. The minimum Gasteiger partial charge on any atom is -0.462 e. The van der Waals surface area contributed by atoms with Crippen molar-refractivity contribution in [1.82, 2.24) is 0 Å². The average molecular weight is 264 g/mol. The van der Waals surface area contributed by atoms with Gasteiger partial charge in [0.2, 0.25) is 0 Å². The maximum absolute atomic E-state index is 11.8. The van der Waals surface area contributed by atoms with E-state index in [1.54, 1.807) is 19.1 Å². The van der Waals surface area contributed by atoms with Gasteiger partial charge in [-0.25, -0.2) is 4.79 Å². The van der Waals surface area contributed by atoms with Crippen molar-refractivity contribution in [3.8, 4) is 0 Å². The normalized spacial score (nSPS) is 12.3. The highest BCUT2D eigenvalue weighted by Gasteiger charge is 2.12. The minimum atomic E-state index is -0.375. The Morgan fingerprint density at radius 1 is 1.37 bits per heavy atom. The SMILES string of the molecule is CCOC(=O)c1cc(NC(C)CC(C)C)ccc1N. The van der Waals surface area contributed by atoms with Gasteiger partial charge in [0.15, 0.2) is 0 Å². The van der Waals surface area contributed by atoms with Gasteiger partial charge in [-0.05, 0) is 44.4 Å². The van der Waals surface area contributed by atoms with E-state index in [0.29, 0.717) is 29.8 Å². The van der Waals surface area contributed by atoms with Crippen LogP contribution in [0.1, 0.15) is 44.5 Å². The molecular formula is C15H24N2O2. The van der Waals surface area contributed by atoms with E-state index < -0.39 is 0 Å². The molecule has 3 N–H and O–H groups in total. The average Bonchev–Trinajstić information content (AvgIpc) is 2.30. The highest BCUT2D eigenvalue weighted by atomic mass is 16.5. The number of benzene rings is 1. The zero-order valence-electron chi connectivity index (χ0n) is 12.2. The summed E-state index contributed by atoms with van der Waals surface area (Å²) in [6.45, 7) is 8.62. The first kappa shape index (κ1) is 15.3. The molecule has 1 aromatic rings. The number of rotatable bonds is 6. The first-order chi connectivity index (χ1) is 8.93. The molecule has 0 aliphatic rings. The highest BCUT2D eigenvalue weighted by molar-refractivity contribution is 5.96. The zero-order chi connectivity index (χ0) is 14.4. The third-order valence-corrected chi connectivity index (χ3v) is 2.79. The Bertz CT molecular complexity index is 430. The fourth-order valence-electron chi connectivity index (χ4n) is 2.08. The molecule has 0 aliphatic heterocycles. The molecular weight excluding hydrogens is 240 g/mol. The molecule has 0 saturated carbocycles. The number of carbonyl (C=O) groups is 1. The van der Waals surface area contributed by atoms with Crippen LogP contribution >= 0.6 is 0 Å². The fraction of sp³-hybridized carbons (Fsp3) is 0.533. The van der Waals surface area contributed by atoms with Crippen molar-refractivity contribution in [3.05, 3.63) is 23.8 Å². The second-order valence-electron chi connectivity index (χ2n) is 5.20. The van der Waals surface area contributed by atoms with E-state index in [2.05, 4.69) is 26.1 Å². The summed E-state index contributed by atoms with van der Waals surface area (Å²) in [5.74, 6) is 0.251. The maximum Gasteiger partial charge on any atom is 0.340 e. The van der Waals surface area contributed by atoms with Crippen LogP contribution in [0, 0.1) is 5.92 Å². The van der Waals surface area contributed by atoms with Crippen LogP contribution < -0.4 is 11.1 Å². The number of nitrogens with one attached hydrogen (secondary N) is 1. The van der Waals surface area contributed by atoms with E-state index in [9.17, 15) is 4.79 Å². The molecule has 0 aliphatic carbocycles. The lowest BCUT2D eigenvalue weighted by atomic mass is 10.0. The van der Waals surface area contributed by atoms with E-state index >= 15 is 0 Å².